The summed E-state index contributed by atoms with van der Waals surface area (Å²) in [5.74, 6) is 0.795. The zero-order valence-corrected chi connectivity index (χ0v) is 12.0. The van der Waals surface area contributed by atoms with Crippen LogP contribution in [0.4, 0.5) is 0 Å². The van der Waals surface area contributed by atoms with Gasteiger partial charge in [-0.25, -0.2) is 9.97 Å². The van der Waals surface area contributed by atoms with Gasteiger partial charge >= 0.3 is 0 Å². The average Bonchev–Trinajstić information content (AvgIpc) is 2.83. The first kappa shape index (κ1) is 12.3. The largest absolute Gasteiger partial charge is 0.336 e. The number of nitrogens with two attached hydrogens (primary N) is 1. The Morgan fingerprint density at radius 3 is 2.84 bits per heavy atom. The fraction of sp³-hybridized carbons (Fsp3) is 0.143. The molecule has 1 unspecified atom stereocenters. The van der Waals surface area contributed by atoms with Gasteiger partial charge in [0.25, 0.3) is 0 Å². The highest BCUT2D eigenvalue weighted by Crippen LogP contribution is 2.27. The smallest absolute Gasteiger partial charge is 0.131 e. The van der Waals surface area contributed by atoms with Crippen molar-refractivity contribution in [2.45, 2.75) is 6.04 Å². The monoisotopic (exact) mass is 316 g/mol. The fourth-order valence-electron chi connectivity index (χ4n) is 2.12. The Hall–Kier alpha value is -1.72. The van der Waals surface area contributed by atoms with E-state index in [-0.39, 0.29) is 6.04 Å². The van der Waals surface area contributed by atoms with E-state index in [1.54, 1.807) is 6.20 Å². The zero-order valence-electron chi connectivity index (χ0n) is 10.4. The lowest BCUT2D eigenvalue weighted by molar-refractivity contribution is 0.700. The molecule has 0 aliphatic carbocycles. The number of aromatic nitrogens is 3. The minimum atomic E-state index is -0.348. The Kier molecular flexibility index (Phi) is 3.08. The molecule has 0 saturated heterocycles. The van der Waals surface area contributed by atoms with Gasteiger partial charge in [0.1, 0.15) is 11.9 Å². The highest BCUT2D eigenvalue weighted by Gasteiger charge is 2.18. The summed E-state index contributed by atoms with van der Waals surface area (Å²) in [4.78, 5) is 8.94. The maximum Gasteiger partial charge on any atom is 0.131 e. The molecule has 0 spiro atoms. The van der Waals surface area contributed by atoms with Crippen LogP contribution in [-0.2, 0) is 7.05 Å². The number of nitrogens with zero attached hydrogens (tertiary/aromatic N) is 3. The molecular weight excluding hydrogens is 304 g/mol. The number of aryl methyl sites for hydroxylation is 1. The van der Waals surface area contributed by atoms with Crippen LogP contribution in [-0.4, -0.2) is 14.5 Å². The molecule has 96 valence electrons. The Bertz CT molecular complexity index is 735. The maximum atomic E-state index is 6.28. The number of para-hydroxylation sites is 1. The number of benzene rings is 1. The van der Waals surface area contributed by atoms with E-state index in [4.69, 9.17) is 5.73 Å². The summed E-state index contributed by atoms with van der Waals surface area (Å²) >= 11 is 3.55. The van der Waals surface area contributed by atoms with E-state index in [0.717, 1.165) is 26.9 Å². The first-order chi connectivity index (χ1) is 9.16. The number of pyridine rings is 1. The molecule has 0 bridgehead atoms. The number of rotatable bonds is 2. The Morgan fingerprint density at radius 1 is 1.32 bits per heavy atom. The van der Waals surface area contributed by atoms with Gasteiger partial charge < -0.3 is 10.3 Å². The number of hydrogen-bond acceptors (Lipinski definition) is 3. The molecule has 0 saturated carbocycles. The summed E-state index contributed by atoms with van der Waals surface area (Å²) in [5, 5.41) is 1.09. The van der Waals surface area contributed by atoms with E-state index in [2.05, 4.69) is 25.9 Å². The summed E-state index contributed by atoms with van der Waals surface area (Å²) in [7, 11) is 1.93. The van der Waals surface area contributed by atoms with Crippen LogP contribution in [0.5, 0.6) is 0 Å². The second-order valence-electron chi connectivity index (χ2n) is 4.42. The van der Waals surface area contributed by atoms with Crippen molar-refractivity contribution in [3.63, 3.8) is 0 Å². The predicted octanol–water partition coefficient (Wildman–Crippen LogP) is 2.78. The van der Waals surface area contributed by atoms with Crippen molar-refractivity contribution < 1.29 is 0 Å². The van der Waals surface area contributed by atoms with Crippen LogP contribution < -0.4 is 5.73 Å². The molecule has 19 heavy (non-hydrogen) atoms. The highest BCUT2D eigenvalue weighted by molar-refractivity contribution is 9.10. The van der Waals surface area contributed by atoms with E-state index < -0.39 is 0 Å². The number of hydrogen-bond donors (Lipinski definition) is 1. The Labute approximate surface area is 119 Å². The highest BCUT2D eigenvalue weighted by atomic mass is 79.9. The molecule has 5 heteroatoms. The summed E-state index contributed by atoms with van der Waals surface area (Å²) < 4.78 is 2.82. The molecule has 0 radical (unpaired) electrons. The van der Waals surface area contributed by atoms with E-state index >= 15 is 0 Å². The molecular formula is C14H13BrN4. The van der Waals surface area contributed by atoms with Crippen molar-refractivity contribution in [3.05, 3.63) is 58.7 Å². The van der Waals surface area contributed by atoms with Gasteiger partial charge in [0.15, 0.2) is 0 Å². The third kappa shape index (κ3) is 2.15. The molecule has 0 aliphatic heterocycles. The van der Waals surface area contributed by atoms with Gasteiger partial charge in [-0.15, -0.1) is 0 Å². The number of halogens is 1. The summed E-state index contributed by atoms with van der Waals surface area (Å²) in [6.45, 7) is 0. The van der Waals surface area contributed by atoms with Gasteiger partial charge in [0, 0.05) is 29.3 Å². The van der Waals surface area contributed by atoms with Crippen LogP contribution in [0, 0.1) is 0 Å². The Morgan fingerprint density at radius 2 is 2.11 bits per heavy atom. The molecule has 1 aromatic carbocycles. The van der Waals surface area contributed by atoms with Crippen molar-refractivity contribution >= 4 is 26.8 Å². The SMILES string of the molecule is Cn1ccnc1C(N)c1nc2ccccc2cc1Br. The van der Waals surface area contributed by atoms with Crippen molar-refractivity contribution in [3.8, 4) is 0 Å². The fourth-order valence-corrected chi connectivity index (χ4v) is 2.70. The normalized spacial score (nSPS) is 12.8. The standard InChI is InChI=1S/C14H13BrN4/c1-19-7-6-17-14(19)12(16)13-10(15)8-9-4-2-3-5-11(9)18-13/h2-8,12H,16H2,1H3. The molecule has 2 aromatic heterocycles. The molecule has 3 aromatic rings. The molecule has 4 nitrogen and oxygen atoms in total. The van der Waals surface area contributed by atoms with Crippen molar-refractivity contribution in [1.82, 2.24) is 14.5 Å². The van der Waals surface area contributed by atoms with E-state index in [9.17, 15) is 0 Å². The summed E-state index contributed by atoms with van der Waals surface area (Å²) in [6.07, 6.45) is 3.62. The van der Waals surface area contributed by atoms with Gasteiger partial charge in [-0.3, -0.25) is 0 Å². The van der Waals surface area contributed by atoms with Crippen molar-refractivity contribution in [2.75, 3.05) is 0 Å². The average molecular weight is 317 g/mol. The lowest BCUT2D eigenvalue weighted by Gasteiger charge is -2.13. The first-order valence-corrected chi connectivity index (χ1v) is 6.74. The van der Waals surface area contributed by atoms with Gasteiger partial charge in [0.2, 0.25) is 0 Å². The summed E-state index contributed by atoms with van der Waals surface area (Å²) in [5.41, 5.74) is 8.01. The molecule has 0 aliphatic rings. The van der Waals surface area contributed by atoms with Gasteiger partial charge in [-0.1, -0.05) is 18.2 Å². The number of imidazole rings is 1. The first-order valence-electron chi connectivity index (χ1n) is 5.95. The van der Waals surface area contributed by atoms with Crippen LogP contribution >= 0.6 is 15.9 Å². The maximum absolute atomic E-state index is 6.28. The van der Waals surface area contributed by atoms with Gasteiger partial charge in [-0.05, 0) is 28.1 Å². The zero-order chi connectivity index (χ0) is 13.4. The van der Waals surface area contributed by atoms with E-state index in [0.29, 0.717) is 0 Å². The molecule has 2 N–H and O–H groups in total. The second-order valence-corrected chi connectivity index (χ2v) is 5.28. The molecule has 1 atom stereocenters. The molecule has 2 heterocycles. The number of fused-ring (bicyclic) bond motifs is 1. The van der Waals surface area contributed by atoms with Crippen molar-refractivity contribution in [1.29, 1.82) is 0 Å². The predicted molar refractivity (Wildman–Crippen MR) is 78.7 cm³/mol. The van der Waals surface area contributed by atoms with Crippen LogP contribution in [0.15, 0.2) is 47.2 Å². The summed E-state index contributed by atoms with van der Waals surface area (Å²) in [6, 6.07) is 9.67. The molecule has 0 fully saturated rings. The second kappa shape index (κ2) is 4.75. The van der Waals surface area contributed by atoms with Crippen LogP contribution in [0.2, 0.25) is 0 Å². The van der Waals surface area contributed by atoms with Gasteiger partial charge in [0.05, 0.1) is 11.2 Å². The third-order valence-electron chi connectivity index (χ3n) is 3.14. The lowest BCUT2D eigenvalue weighted by Crippen LogP contribution is -2.18. The Balaban J connectivity index is 2.14. The van der Waals surface area contributed by atoms with E-state index in [1.165, 1.54) is 0 Å². The van der Waals surface area contributed by atoms with Crippen molar-refractivity contribution in [2.24, 2.45) is 12.8 Å². The molecule has 3 rings (SSSR count). The quantitative estimate of drug-likeness (QED) is 0.791. The minimum Gasteiger partial charge on any atom is -0.336 e. The lowest BCUT2D eigenvalue weighted by atomic mass is 10.1. The van der Waals surface area contributed by atoms with E-state index in [1.807, 2.05) is 48.1 Å². The van der Waals surface area contributed by atoms with Gasteiger partial charge in [-0.2, -0.15) is 0 Å². The third-order valence-corrected chi connectivity index (χ3v) is 3.77. The van der Waals surface area contributed by atoms with Crippen LogP contribution in [0.25, 0.3) is 10.9 Å². The topological polar surface area (TPSA) is 56.7 Å². The molecule has 0 amide bonds. The minimum absolute atomic E-state index is 0.348. The van der Waals surface area contributed by atoms with Crippen LogP contribution in [0.3, 0.4) is 0 Å². The van der Waals surface area contributed by atoms with Crippen LogP contribution in [0.1, 0.15) is 17.6 Å².